The minimum absolute atomic E-state index is 0.229. The molecule has 0 saturated carbocycles. The molecule has 0 aliphatic carbocycles. The molecule has 2 aliphatic rings. The van der Waals surface area contributed by atoms with Crippen molar-refractivity contribution in [2.75, 3.05) is 39.8 Å². The molecule has 2 saturated heterocycles. The van der Waals surface area contributed by atoms with Crippen molar-refractivity contribution in [1.29, 1.82) is 0 Å². The second-order valence-electron chi connectivity index (χ2n) is 7.20. The summed E-state index contributed by atoms with van der Waals surface area (Å²) in [7, 11) is 1.68. The molecule has 2 fully saturated rings. The van der Waals surface area contributed by atoms with E-state index >= 15 is 0 Å². The number of likely N-dealkylation sites (tertiary alicyclic amines) is 1. The number of nitrogens with one attached hydrogen (secondary N) is 1. The van der Waals surface area contributed by atoms with Crippen LogP contribution < -0.4 is 10.1 Å². The predicted molar refractivity (Wildman–Crippen MR) is 103 cm³/mol. The van der Waals surface area contributed by atoms with Crippen LogP contribution in [0.25, 0.3) is 5.69 Å². The summed E-state index contributed by atoms with van der Waals surface area (Å²) in [5.74, 6) is 1.04. The van der Waals surface area contributed by atoms with Gasteiger partial charge in [-0.15, -0.1) is 0 Å². The first-order valence-corrected chi connectivity index (χ1v) is 9.65. The molecule has 1 amide bonds. The van der Waals surface area contributed by atoms with Gasteiger partial charge in [0.05, 0.1) is 19.3 Å². The molecule has 27 heavy (non-hydrogen) atoms. The molecule has 3 heterocycles. The maximum Gasteiger partial charge on any atom is 0.236 e. The van der Waals surface area contributed by atoms with E-state index < -0.39 is 0 Å². The Labute approximate surface area is 159 Å². The summed E-state index contributed by atoms with van der Waals surface area (Å²) >= 11 is 0. The molecule has 1 atom stereocenters. The number of hydrogen-bond donors (Lipinski definition) is 1. The van der Waals surface area contributed by atoms with Crippen LogP contribution in [0, 0.1) is 0 Å². The van der Waals surface area contributed by atoms with Crippen LogP contribution >= 0.6 is 0 Å². The van der Waals surface area contributed by atoms with Crippen LogP contribution in [0.3, 0.4) is 0 Å². The van der Waals surface area contributed by atoms with Gasteiger partial charge in [0.2, 0.25) is 5.91 Å². The zero-order chi connectivity index (χ0) is 18.6. The number of ether oxygens (including phenoxy) is 1. The predicted octanol–water partition coefficient (Wildman–Crippen LogP) is 1.28. The third-order valence-electron chi connectivity index (χ3n) is 5.47. The van der Waals surface area contributed by atoms with Crippen LogP contribution in [0.5, 0.6) is 5.75 Å². The van der Waals surface area contributed by atoms with E-state index in [1.807, 2.05) is 35.1 Å². The Hall–Kier alpha value is -2.38. The molecule has 2 aliphatic heterocycles. The monoisotopic (exact) mass is 369 g/mol. The third-order valence-corrected chi connectivity index (χ3v) is 5.47. The number of nitrogens with zero attached hydrogens (tertiary/aromatic N) is 4. The molecule has 1 unspecified atom stereocenters. The molecule has 7 heteroatoms. The van der Waals surface area contributed by atoms with Crippen LogP contribution in [-0.2, 0) is 11.3 Å². The van der Waals surface area contributed by atoms with Crippen molar-refractivity contribution in [3.8, 4) is 11.4 Å². The molecule has 0 bridgehead atoms. The maximum absolute atomic E-state index is 12.2. The zero-order valence-electron chi connectivity index (χ0n) is 15.8. The molecule has 144 valence electrons. The van der Waals surface area contributed by atoms with Crippen molar-refractivity contribution < 1.29 is 9.53 Å². The molecule has 1 aromatic carbocycles. The van der Waals surface area contributed by atoms with Crippen LogP contribution in [0.2, 0.25) is 0 Å². The number of rotatable bonds is 5. The lowest BCUT2D eigenvalue weighted by Crippen LogP contribution is -2.56. The van der Waals surface area contributed by atoms with Crippen molar-refractivity contribution >= 4 is 5.91 Å². The Kier molecular flexibility index (Phi) is 5.40. The number of carbonyl (C=O) groups is 1. The van der Waals surface area contributed by atoms with Crippen molar-refractivity contribution in [2.24, 2.45) is 0 Å². The Balaban J connectivity index is 1.48. The fraction of sp³-hybridized carbons (Fsp3) is 0.500. The van der Waals surface area contributed by atoms with Gasteiger partial charge in [0.1, 0.15) is 11.4 Å². The van der Waals surface area contributed by atoms with Gasteiger partial charge in [-0.1, -0.05) is 12.1 Å². The van der Waals surface area contributed by atoms with Crippen LogP contribution in [0.1, 0.15) is 18.5 Å². The van der Waals surface area contributed by atoms with Gasteiger partial charge < -0.3 is 15.0 Å². The summed E-state index contributed by atoms with van der Waals surface area (Å²) in [6, 6.07) is 10.3. The van der Waals surface area contributed by atoms with E-state index in [0.717, 1.165) is 62.7 Å². The number of carbonyl (C=O) groups excluding carboxylic acids is 1. The zero-order valence-corrected chi connectivity index (χ0v) is 15.8. The molecule has 2 aromatic rings. The topological polar surface area (TPSA) is 62.6 Å². The summed E-state index contributed by atoms with van der Waals surface area (Å²) < 4.78 is 7.45. The highest BCUT2D eigenvalue weighted by atomic mass is 16.5. The molecule has 4 rings (SSSR count). The standard InChI is InChI=1S/C20H27N5O2/c1-27-19-7-3-2-6-18(19)25-17(8-9-22-25)15-23-11-4-5-16(14-23)24-12-10-21-13-20(24)26/h2-3,6-9,16,21H,4-5,10-15H2,1H3. The van der Waals surface area contributed by atoms with Gasteiger partial charge in [-0.25, -0.2) is 4.68 Å². The van der Waals surface area contributed by atoms with Gasteiger partial charge >= 0.3 is 0 Å². The van der Waals surface area contributed by atoms with Crippen molar-refractivity contribution in [3.63, 3.8) is 0 Å². The number of hydrogen-bond acceptors (Lipinski definition) is 5. The van der Waals surface area contributed by atoms with E-state index in [1.54, 1.807) is 7.11 Å². The van der Waals surface area contributed by atoms with Crippen molar-refractivity contribution in [2.45, 2.75) is 25.4 Å². The lowest BCUT2D eigenvalue weighted by Gasteiger charge is -2.41. The van der Waals surface area contributed by atoms with E-state index in [1.165, 1.54) is 0 Å². The SMILES string of the molecule is COc1ccccc1-n1nccc1CN1CCCC(N2CCNCC2=O)C1. The minimum atomic E-state index is 0.229. The van der Waals surface area contributed by atoms with Crippen LogP contribution in [0.15, 0.2) is 36.5 Å². The van der Waals surface area contributed by atoms with Gasteiger partial charge in [-0.3, -0.25) is 9.69 Å². The van der Waals surface area contributed by atoms with Gasteiger partial charge in [-0.2, -0.15) is 5.10 Å². The number of para-hydroxylation sites is 2. The third kappa shape index (κ3) is 3.84. The minimum Gasteiger partial charge on any atom is -0.494 e. The smallest absolute Gasteiger partial charge is 0.236 e. The second-order valence-corrected chi connectivity index (χ2v) is 7.20. The van der Waals surface area contributed by atoms with Crippen molar-refractivity contribution in [3.05, 3.63) is 42.2 Å². The largest absolute Gasteiger partial charge is 0.494 e. The molecule has 1 N–H and O–H groups in total. The normalized spacial score (nSPS) is 21.4. The van der Waals surface area contributed by atoms with E-state index in [4.69, 9.17) is 4.74 Å². The Morgan fingerprint density at radius 2 is 2.15 bits per heavy atom. The van der Waals surface area contributed by atoms with Gasteiger partial charge in [-0.05, 0) is 37.6 Å². The van der Waals surface area contributed by atoms with Crippen LogP contribution in [0.4, 0.5) is 0 Å². The van der Waals surface area contributed by atoms with E-state index in [0.29, 0.717) is 12.6 Å². The maximum atomic E-state index is 12.2. The van der Waals surface area contributed by atoms with E-state index in [-0.39, 0.29) is 5.91 Å². The lowest BCUT2D eigenvalue weighted by atomic mass is 10.0. The number of piperidine rings is 1. The number of aromatic nitrogens is 2. The fourth-order valence-electron chi connectivity index (χ4n) is 4.14. The first-order chi connectivity index (χ1) is 13.3. The Morgan fingerprint density at radius 3 is 3.00 bits per heavy atom. The molecule has 1 aromatic heterocycles. The first kappa shape index (κ1) is 18.0. The fourth-order valence-corrected chi connectivity index (χ4v) is 4.14. The summed E-state index contributed by atoms with van der Waals surface area (Å²) in [6.07, 6.45) is 4.04. The highest BCUT2D eigenvalue weighted by molar-refractivity contribution is 5.79. The van der Waals surface area contributed by atoms with Gasteiger partial charge in [0.25, 0.3) is 0 Å². The average Bonchev–Trinajstić information content (AvgIpc) is 3.16. The van der Waals surface area contributed by atoms with Crippen LogP contribution in [-0.4, -0.2) is 71.4 Å². The average molecular weight is 369 g/mol. The number of benzene rings is 1. The summed E-state index contributed by atoms with van der Waals surface area (Å²) in [5.41, 5.74) is 2.08. The highest BCUT2D eigenvalue weighted by Gasteiger charge is 2.30. The quantitative estimate of drug-likeness (QED) is 0.860. The van der Waals surface area contributed by atoms with Gasteiger partial charge in [0, 0.05) is 38.4 Å². The number of piperazine rings is 1. The molecule has 0 radical (unpaired) electrons. The lowest BCUT2D eigenvalue weighted by molar-refractivity contribution is -0.135. The van der Waals surface area contributed by atoms with Crippen molar-refractivity contribution in [1.82, 2.24) is 24.9 Å². The summed E-state index contributed by atoms with van der Waals surface area (Å²) in [4.78, 5) is 16.8. The molecule has 7 nitrogen and oxygen atoms in total. The van der Waals surface area contributed by atoms with E-state index in [9.17, 15) is 4.79 Å². The highest BCUT2D eigenvalue weighted by Crippen LogP contribution is 2.24. The second kappa shape index (κ2) is 8.10. The molecular weight excluding hydrogens is 342 g/mol. The number of amides is 1. The molecule has 0 spiro atoms. The Bertz CT molecular complexity index is 790. The molecular formula is C20H27N5O2. The van der Waals surface area contributed by atoms with Gasteiger partial charge in [0.15, 0.2) is 0 Å². The number of methoxy groups -OCH3 is 1. The van der Waals surface area contributed by atoms with E-state index in [2.05, 4.69) is 26.3 Å². The summed E-state index contributed by atoms with van der Waals surface area (Å²) in [5, 5.41) is 7.68. The Morgan fingerprint density at radius 1 is 1.26 bits per heavy atom. The summed E-state index contributed by atoms with van der Waals surface area (Å²) in [6.45, 7) is 4.96. The first-order valence-electron chi connectivity index (χ1n) is 9.65.